The van der Waals surface area contributed by atoms with Crippen LogP contribution in [0.1, 0.15) is 39.2 Å². The average molecular weight is 307 g/mol. The van der Waals surface area contributed by atoms with Gasteiger partial charge in [0.15, 0.2) is 11.5 Å². The van der Waals surface area contributed by atoms with E-state index >= 15 is 0 Å². The molecule has 1 aliphatic rings. The molecular weight excluding hydrogens is 278 g/mol. The van der Waals surface area contributed by atoms with Crippen LogP contribution in [0.5, 0.6) is 11.5 Å². The molecule has 0 aromatic heterocycles. The van der Waals surface area contributed by atoms with Crippen LogP contribution in [0.3, 0.4) is 0 Å². The lowest BCUT2D eigenvalue weighted by Crippen LogP contribution is -2.42. The molecule has 0 saturated heterocycles. The van der Waals surface area contributed by atoms with Gasteiger partial charge in [0.05, 0.1) is 6.61 Å². The predicted octanol–water partition coefficient (Wildman–Crippen LogP) is 2.76. The first-order chi connectivity index (χ1) is 10.5. The van der Waals surface area contributed by atoms with Gasteiger partial charge in [0.2, 0.25) is 0 Å². The largest absolute Gasteiger partial charge is 0.489 e. The van der Waals surface area contributed by atoms with E-state index < -0.39 is 6.10 Å². The lowest BCUT2D eigenvalue weighted by Gasteiger charge is -2.23. The van der Waals surface area contributed by atoms with Crippen molar-refractivity contribution in [3.8, 4) is 11.5 Å². The number of ether oxygens (including phenoxy) is 2. The first kappa shape index (κ1) is 17.1. The molecule has 0 heterocycles. The molecule has 0 bridgehead atoms. The van der Waals surface area contributed by atoms with Gasteiger partial charge < -0.3 is 20.3 Å². The Morgan fingerprint density at radius 2 is 2.00 bits per heavy atom. The molecule has 2 unspecified atom stereocenters. The smallest absolute Gasteiger partial charge is 0.164 e. The summed E-state index contributed by atoms with van der Waals surface area (Å²) in [7, 11) is 0. The highest BCUT2D eigenvalue weighted by molar-refractivity contribution is 5.46. The van der Waals surface area contributed by atoms with E-state index in [1.54, 1.807) is 0 Å². The molecule has 3 N–H and O–H groups in total. The summed E-state index contributed by atoms with van der Waals surface area (Å²) in [6.45, 7) is 7.03. The van der Waals surface area contributed by atoms with E-state index in [0.717, 1.165) is 24.3 Å². The van der Waals surface area contributed by atoms with Crippen LogP contribution >= 0.6 is 0 Å². The van der Waals surface area contributed by atoms with Crippen molar-refractivity contribution in [1.29, 1.82) is 0 Å². The second-order valence-electron chi connectivity index (χ2n) is 6.55. The maximum atomic E-state index is 10.1. The zero-order chi connectivity index (χ0) is 16.1. The van der Waals surface area contributed by atoms with E-state index in [9.17, 15) is 5.11 Å². The number of aliphatic hydroxyl groups excluding tert-OH is 1. The van der Waals surface area contributed by atoms with E-state index in [-0.39, 0.29) is 18.6 Å². The number of para-hydroxylation sites is 1. The van der Waals surface area contributed by atoms with E-state index in [0.29, 0.717) is 11.7 Å². The molecule has 0 radical (unpaired) electrons. The standard InChI is InChI=1S/C18H29NO3/c1-4-14-6-5-7-16(18(14)22-10-13-8-9-13)21-11-15(20)17(19)12(2)3/h5-7,12-13,15,17,20H,4,8-11,19H2,1-3H3. The van der Waals surface area contributed by atoms with Gasteiger partial charge in [-0.25, -0.2) is 0 Å². The Morgan fingerprint density at radius 1 is 1.27 bits per heavy atom. The van der Waals surface area contributed by atoms with Crippen molar-refractivity contribution < 1.29 is 14.6 Å². The van der Waals surface area contributed by atoms with Gasteiger partial charge in [-0.3, -0.25) is 0 Å². The number of hydrogen-bond donors (Lipinski definition) is 2. The molecule has 22 heavy (non-hydrogen) atoms. The average Bonchev–Trinajstić information content (AvgIpc) is 3.33. The summed E-state index contributed by atoms with van der Waals surface area (Å²) < 4.78 is 11.8. The van der Waals surface area contributed by atoms with E-state index in [1.807, 2.05) is 26.0 Å². The molecule has 1 aliphatic carbocycles. The molecule has 4 heteroatoms. The molecule has 2 atom stereocenters. The second-order valence-corrected chi connectivity index (χ2v) is 6.55. The predicted molar refractivity (Wildman–Crippen MR) is 88.4 cm³/mol. The van der Waals surface area contributed by atoms with Gasteiger partial charge in [0.25, 0.3) is 0 Å². The van der Waals surface area contributed by atoms with Gasteiger partial charge in [-0.2, -0.15) is 0 Å². The molecule has 1 fully saturated rings. The third-order valence-electron chi connectivity index (χ3n) is 4.23. The molecular formula is C18H29NO3. The summed E-state index contributed by atoms with van der Waals surface area (Å²) in [6, 6.07) is 5.64. The minimum absolute atomic E-state index is 0.187. The lowest BCUT2D eigenvalue weighted by atomic mass is 10.0. The first-order valence-corrected chi connectivity index (χ1v) is 8.34. The Balaban J connectivity index is 2.01. The summed E-state index contributed by atoms with van der Waals surface area (Å²) in [5, 5.41) is 10.1. The number of aryl methyl sites for hydroxylation is 1. The Morgan fingerprint density at radius 3 is 2.59 bits per heavy atom. The summed E-state index contributed by atoms with van der Waals surface area (Å²) in [4.78, 5) is 0. The summed E-state index contributed by atoms with van der Waals surface area (Å²) in [5.74, 6) is 2.43. The van der Waals surface area contributed by atoms with Gasteiger partial charge in [-0.05, 0) is 42.7 Å². The Kier molecular flexibility index (Phi) is 6.09. The number of benzene rings is 1. The van der Waals surface area contributed by atoms with Crippen molar-refractivity contribution in [3.63, 3.8) is 0 Å². The Hall–Kier alpha value is -1.26. The SMILES string of the molecule is CCc1cccc(OCC(O)C(N)C(C)C)c1OCC1CC1. The van der Waals surface area contributed by atoms with Gasteiger partial charge in [0, 0.05) is 6.04 Å². The van der Waals surface area contributed by atoms with E-state index in [4.69, 9.17) is 15.2 Å². The molecule has 0 spiro atoms. The van der Waals surface area contributed by atoms with Crippen molar-refractivity contribution in [1.82, 2.24) is 0 Å². The van der Waals surface area contributed by atoms with Crippen LogP contribution in [0.15, 0.2) is 18.2 Å². The van der Waals surface area contributed by atoms with Gasteiger partial charge >= 0.3 is 0 Å². The highest BCUT2D eigenvalue weighted by Crippen LogP contribution is 2.35. The molecule has 124 valence electrons. The van der Waals surface area contributed by atoms with E-state index in [1.165, 1.54) is 12.8 Å². The molecule has 0 aliphatic heterocycles. The van der Waals surface area contributed by atoms with Gasteiger partial charge in [-0.15, -0.1) is 0 Å². The minimum Gasteiger partial charge on any atom is -0.489 e. The Labute approximate surface area is 133 Å². The molecule has 1 aromatic carbocycles. The third-order valence-corrected chi connectivity index (χ3v) is 4.23. The minimum atomic E-state index is -0.679. The number of nitrogens with two attached hydrogens (primary N) is 1. The fourth-order valence-corrected chi connectivity index (χ4v) is 2.33. The summed E-state index contributed by atoms with van der Waals surface area (Å²) in [5.41, 5.74) is 7.10. The fourth-order valence-electron chi connectivity index (χ4n) is 2.33. The van der Waals surface area contributed by atoms with Crippen molar-refractivity contribution in [2.45, 2.75) is 52.2 Å². The summed E-state index contributed by atoms with van der Waals surface area (Å²) >= 11 is 0. The summed E-state index contributed by atoms with van der Waals surface area (Å²) in [6.07, 6.45) is 2.73. The Bertz CT molecular complexity index is 471. The number of aliphatic hydroxyl groups is 1. The molecule has 0 amide bonds. The normalized spacial score (nSPS) is 17.4. The topological polar surface area (TPSA) is 64.7 Å². The maximum Gasteiger partial charge on any atom is 0.164 e. The highest BCUT2D eigenvalue weighted by Gasteiger charge is 2.24. The quantitative estimate of drug-likeness (QED) is 0.736. The molecule has 1 saturated carbocycles. The zero-order valence-electron chi connectivity index (χ0n) is 13.9. The highest BCUT2D eigenvalue weighted by atomic mass is 16.5. The van der Waals surface area contributed by atoms with Crippen LogP contribution in [0.2, 0.25) is 0 Å². The van der Waals surface area contributed by atoms with Crippen LogP contribution in [0.25, 0.3) is 0 Å². The zero-order valence-corrected chi connectivity index (χ0v) is 13.9. The second kappa shape index (κ2) is 7.84. The monoisotopic (exact) mass is 307 g/mol. The van der Waals surface area contributed by atoms with Crippen LogP contribution in [0.4, 0.5) is 0 Å². The van der Waals surface area contributed by atoms with E-state index in [2.05, 4.69) is 13.0 Å². The van der Waals surface area contributed by atoms with Crippen LogP contribution in [-0.4, -0.2) is 30.5 Å². The lowest BCUT2D eigenvalue weighted by molar-refractivity contribution is 0.0698. The van der Waals surface area contributed by atoms with Crippen molar-refractivity contribution in [3.05, 3.63) is 23.8 Å². The number of hydrogen-bond acceptors (Lipinski definition) is 4. The molecule has 1 aromatic rings. The van der Waals surface area contributed by atoms with Crippen molar-refractivity contribution in [2.75, 3.05) is 13.2 Å². The van der Waals surface area contributed by atoms with Gasteiger partial charge in [-0.1, -0.05) is 32.9 Å². The first-order valence-electron chi connectivity index (χ1n) is 8.34. The molecule has 2 rings (SSSR count). The molecule has 4 nitrogen and oxygen atoms in total. The van der Waals surface area contributed by atoms with Crippen LogP contribution in [-0.2, 0) is 6.42 Å². The van der Waals surface area contributed by atoms with Crippen molar-refractivity contribution >= 4 is 0 Å². The number of rotatable bonds is 9. The fraction of sp³-hybridized carbons (Fsp3) is 0.667. The maximum absolute atomic E-state index is 10.1. The van der Waals surface area contributed by atoms with Crippen LogP contribution in [0, 0.1) is 11.8 Å². The third kappa shape index (κ3) is 4.62. The van der Waals surface area contributed by atoms with Crippen molar-refractivity contribution in [2.24, 2.45) is 17.6 Å². The van der Waals surface area contributed by atoms with Gasteiger partial charge in [0.1, 0.15) is 12.7 Å². The van der Waals surface area contributed by atoms with Crippen LogP contribution < -0.4 is 15.2 Å².